The number of hydrogen-bond donors (Lipinski definition) is 0. The molecule has 104 valence electrons. The first-order valence-corrected chi connectivity index (χ1v) is 7.18. The molecule has 1 rings (SSSR count). The molecule has 0 amide bonds. The van der Waals surface area contributed by atoms with Gasteiger partial charge in [-0.1, -0.05) is 52.0 Å². The molecule has 0 radical (unpaired) electrons. The second-order valence-electron chi connectivity index (χ2n) is 6.13. The van der Waals surface area contributed by atoms with Crippen molar-refractivity contribution >= 4 is 0 Å². The summed E-state index contributed by atoms with van der Waals surface area (Å²) in [5.41, 5.74) is 2.44. The van der Waals surface area contributed by atoms with E-state index in [1.165, 1.54) is 5.56 Å². The Balaban J connectivity index is 2.64. The van der Waals surface area contributed by atoms with Gasteiger partial charge in [-0.2, -0.15) is 5.26 Å². The summed E-state index contributed by atoms with van der Waals surface area (Å²) >= 11 is 0. The summed E-state index contributed by atoms with van der Waals surface area (Å²) in [5.74, 6) is 1.38. The van der Waals surface area contributed by atoms with Crippen LogP contribution in [0.25, 0.3) is 0 Å². The van der Waals surface area contributed by atoms with Crippen molar-refractivity contribution < 1.29 is 0 Å². The monoisotopic (exact) mass is 258 g/mol. The lowest BCUT2D eigenvalue weighted by molar-refractivity contribution is 0.211. The number of benzene rings is 1. The molecule has 19 heavy (non-hydrogen) atoms. The molecule has 0 fully saturated rings. The van der Waals surface area contributed by atoms with E-state index < -0.39 is 0 Å². The maximum Gasteiger partial charge on any atom is 0.0669 e. The molecule has 0 bridgehead atoms. The minimum absolute atomic E-state index is 0.502. The van der Waals surface area contributed by atoms with E-state index in [0.29, 0.717) is 18.3 Å². The molecular weight excluding hydrogens is 232 g/mol. The Hall–Kier alpha value is -1.33. The van der Waals surface area contributed by atoms with Crippen molar-refractivity contribution in [1.29, 1.82) is 5.26 Å². The van der Waals surface area contributed by atoms with Gasteiger partial charge >= 0.3 is 0 Å². The molecule has 0 saturated carbocycles. The van der Waals surface area contributed by atoms with E-state index in [0.717, 1.165) is 25.2 Å². The molecule has 2 nitrogen and oxygen atoms in total. The molecule has 1 aromatic rings. The first-order valence-electron chi connectivity index (χ1n) is 7.18. The molecule has 0 saturated heterocycles. The standard InChI is InChI=1S/C17H26N2/c1-14(2)11-19(12-15(3)4)13-17-7-5-16(6-8-17)9-10-18/h5-8,14-15H,9,11-13H2,1-4H3. The van der Waals surface area contributed by atoms with Gasteiger partial charge in [0.25, 0.3) is 0 Å². The number of nitrogens with zero attached hydrogens (tertiary/aromatic N) is 2. The molecule has 0 heterocycles. The quantitative estimate of drug-likeness (QED) is 0.742. The van der Waals surface area contributed by atoms with Crippen LogP contribution in [0.3, 0.4) is 0 Å². The summed E-state index contributed by atoms with van der Waals surface area (Å²) in [6.45, 7) is 12.3. The van der Waals surface area contributed by atoms with Crippen LogP contribution in [0.5, 0.6) is 0 Å². The van der Waals surface area contributed by atoms with Crippen molar-refractivity contribution in [1.82, 2.24) is 4.90 Å². The topological polar surface area (TPSA) is 27.0 Å². The van der Waals surface area contributed by atoms with E-state index >= 15 is 0 Å². The fraction of sp³-hybridized carbons (Fsp3) is 0.588. The van der Waals surface area contributed by atoms with Gasteiger partial charge in [0.05, 0.1) is 12.5 Å². The summed E-state index contributed by atoms with van der Waals surface area (Å²) in [4.78, 5) is 2.52. The average molecular weight is 258 g/mol. The van der Waals surface area contributed by atoms with Crippen LogP contribution in [-0.4, -0.2) is 18.0 Å². The third kappa shape index (κ3) is 6.40. The van der Waals surface area contributed by atoms with Gasteiger partial charge in [-0.05, 0) is 23.0 Å². The molecule has 0 aliphatic rings. The predicted molar refractivity (Wildman–Crippen MR) is 80.7 cm³/mol. The Bertz CT molecular complexity index is 388. The zero-order valence-corrected chi connectivity index (χ0v) is 12.7. The van der Waals surface area contributed by atoms with E-state index in [4.69, 9.17) is 5.26 Å². The van der Waals surface area contributed by atoms with Crippen LogP contribution in [-0.2, 0) is 13.0 Å². The maximum absolute atomic E-state index is 8.67. The molecular formula is C17H26N2. The van der Waals surface area contributed by atoms with E-state index in [1.54, 1.807) is 0 Å². The second kappa shape index (κ2) is 7.96. The summed E-state index contributed by atoms with van der Waals surface area (Å²) in [6.07, 6.45) is 0.502. The maximum atomic E-state index is 8.67. The predicted octanol–water partition coefficient (Wildman–Crippen LogP) is 3.87. The van der Waals surface area contributed by atoms with Crippen LogP contribution in [0.4, 0.5) is 0 Å². The highest BCUT2D eigenvalue weighted by Crippen LogP contribution is 2.11. The Labute approximate surface area is 118 Å². The van der Waals surface area contributed by atoms with Crippen molar-refractivity contribution in [3.05, 3.63) is 35.4 Å². The first-order chi connectivity index (χ1) is 9.01. The normalized spacial score (nSPS) is 11.3. The largest absolute Gasteiger partial charge is 0.299 e. The van der Waals surface area contributed by atoms with Crippen molar-refractivity contribution in [3.8, 4) is 6.07 Å². The van der Waals surface area contributed by atoms with Gasteiger partial charge in [0.15, 0.2) is 0 Å². The average Bonchev–Trinajstić information content (AvgIpc) is 2.30. The Morgan fingerprint density at radius 1 is 0.947 bits per heavy atom. The van der Waals surface area contributed by atoms with Crippen molar-refractivity contribution in [2.75, 3.05) is 13.1 Å². The Morgan fingerprint density at radius 2 is 1.42 bits per heavy atom. The molecule has 0 N–H and O–H groups in total. The van der Waals surface area contributed by atoms with Crippen LogP contribution in [0, 0.1) is 23.2 Å². The molecule has 0 aliphatic heterocycles. The lowest BCUT2D eigenvalue weighted by Gasteiger charge is -2.26. The summed E-state index contributed by atoms with van der Waals surface area (Å²) in [5, 5.41) is 8.67. The highest BCUT2D eigenvalue weighted by atomic mass is 15.1. The van der Waals surface area contributed by atoms with Crippen LogP contribution < -0.4 is 0 Å². The van der Waals surface area contributed by atoms with Crippen molar-refractivity contribution in [3.63, 3.8) is 0 Å². The first kappa shape index (κ1) is 15.7. The summed E-state index contributed by atoms with van der Waals surface area (Å²) in [7, 11) is 0. The zero-order valence-electron chi connectivity index (χ0n) is 12.7. The number of hydrogen-bond acceptors (Lipinski definition) is 2. The van der Waals surface area contributed by atoms with Gasteiger partial charge in [0.2, 0.25) is 0 Å². The minimum Gasteiger partial charge on any atom is -0.299 e. The van der Waals surface area contributed by atoms with E-state index in [1.807, 2.05) is 0 Å². The molecule has 2 heteroatoms. The Morgan fingerprint density at radius 3 is 1.84 bits per heavy atom. The van der Waals surface area contributed by atoms with Crippen LogP contribution in [0.2, 0.25) is 0 Å². The molecule has 0 spiro atoms. The van der Waals surface area contributed by atoms with Gasteiger partial charge in [0.1, 0.15) is 0 Å². The highest BCUT2D eigenvalue weighted by molar-refractivity contribution is 5.24. The van der Waals surface area contributed by atoms with Gasteiger partial charge in [0, 0.05) is 19.6 Å². The lowest BCUT2D eigenvalue weighted by atomic mass is 10.1. The third-order valence-corrected chi connectivity index (χ3v) is 2.96. The van der Waals surface area contributed by atoms with Gasteiger partial charge in [-0.15, -0.1) is 0 Å². The van der Waals surface area contributed by atoms with Gasteiger partial charge in [-0.3, -0.25) is 4.90 Å². The zero-order chi connectivity index (χ0) is 14.3. The van der Waals surface area contributed by atoms with Crippen LogP contribution in [0.1, 0.15) is 38.8 Å². The van der Waals surface area contributed by atoms with E-state index in [9.17, 15) is 0 Å². The van der Waals surface area contributed by atoms with Gasteiger partial charge < -0.3 is 0 Å². The fourth-order valence-electron chi connectivity index (χ4n) is 2.35. The summed E-state index contributed by atoms with van der Waals surface area (Å²) in [6, 6.07) is 10.6. The molecule has 0 unspecified atom stereocenters. The SMILES string of the molecule is CC(C)CN(Cc1ccc(CC#N)cc1)CC(C)C. The number of rotatable bonds is 7. The van der Waals surface area contributed by atoms with Crippen molar-refractivity contribution in [2.45, 2.75) is 40.7 Å². The van der Waals surface area contributed by atoms with Gasteiger partial charge in [-0.25, -0.2) is 0 Å². The minimum atomic E-state index is 0.502. The molecule has 0 aliphatic carbocycles. The number of nitriles is 1. The second-order valence-corrected chi connectivity index (χ2v) is 6.13. The van der Waals surface area contributed by atoms with Crippen LogP contribution >= 0.6 is 0 Å². The van der Waals surface area contributed by atoms with E-state index in [2.05, 4.69) is 62.9 Å². The van der Waals surface area contributed by atoms with Crippen molar-refractivity contribution in [2.24, 2.45) is 11.8 Å². The lowest BCUT2D eigenvalue weighted by Crippen LogP contribution is -2.30. The third-order valence-electron chi connectivity index (χ3n) is 2.96. The fourth-order valence-corrected chi connectivity index (χ4v) is 2.35. The molecule has 0 aromatic heterocycles. The smallest absolute Gasteiger partial charge is 0.0669 e. The summed E-state index contributed by atoms with van der Waals surface area (Å²) < 4.78 is 0. The van der Waals surface area contributed by atoms with Crippen LogP contribution in [0.15, 0.2) is 24.3 Å². The highest BCUT2D eigenvalue weighted by Gasteiger charge is 2.10. The Kier molecular flexibility index (Phi) is 6.59. The molecule has 0 atom stereocenters. The van der Waals surface area contributed by atoms with E-state index in [-0.39, 0.29) is 0 Å². The molecule has 1 aromatic carbocycles.